The molecule has 0 amide bonds. The third-order valence-corrected chi connectivity index (χ3v) is 10.9. The average Bonchev–Trinajstić information content (AvgIpc) is 3.64. The molecule has 4 heterocycles. The summed E-state index contributed by atoms with van der Waals surface area (Å²) in [6.45, 7) is 0.199. The standard InChI is InChI=1S/C42H25B2NO2/c46-27-16-12-24(13-17-27)26-22-35-42-36(23-26)44-34-10-4-2-7-32(34)39-29(25-14-18-28(47)19-15-25)20-21-38(41(39)44)45(42)37-11-5-8-31-30-6-1-3-9-33(30)43(35)40(31)37/h1-23,46-47H. The fourth-order valence-corrected chi connectivity index (χ4v) is 9.05. The summed E-state index contributed by atoms with van der Waals surface area (Å²) in [5.74, 6) is 0.541. The highest BCUT2D eigenvalue weighted by Crippen LogP contribution is 2.46. The first-order valence-corrected chi connectivity index (χ1v) is 16.2. The summed E-state index contributed by atoms with van der Waals surface area (Å²) in [4.78, 5) is 2.55. The topological polar surface area (TPSA) is 43.7 Å². The number of anilines is 3. The normalized spacial score (nSPS) is 13.6. The van der Waals surface area contributed by atoms with E-state index in [1.165, 1.54) is 77.7 Å². The summed E-state index contributed by atoms with van der Waals surface area (Å²) < 4.78 is 0. The molecule has 4 aliphatic heterocycles. The van der Waals surface area contributed by atoms with Crippen LogP contribution < -0.4 is 37.7 Å². The highest BCUT2D eigenvalue weighted by molar-refractivity contribution is 7.05. The van der Waals surface area contributed by atoms with E-state index in [9.17, 15) is 10.2 Å². The van der Waals surface area contributed by atoms with Crippen LogP contribution in [0.15, 0.2) is 140 Å². The summed E-state index contributed by atoms with van der Waals surface area (Å²) in [5.41, 5.74) is 21.5. The lowest BCUT2D eigenvalue weighted by atomic mass is 9.32. The van der Waals surface area contributed by atoms with Crippen LogP contribution in [0.3, 0.4) is 0 Å². The molecule has 7 aromatic carbocycles. The number of nitrogens with zero attached hydrogens (tertiary/aromatic N) is 1. The zero-order valence-electron chi connectivity index (χ0n) is 25.3. The van der Waals surface area contributed by atoms with Gasteiger partial charge in [-0.1, -0.05) is 114 Å². The number of hydrogen-bond donors (Lipinski definition) is 2. The zero-order chi connectivity index (χ0) is 31.0. The maximum Gasteiger partial charge on any atom is 0.248 e. The predicted octanol–water partition coefficient (Wildman–Crippen LogP) is 5.52. The summed E-state index contributed by atoms with van der Waals surface area (Å²) in [5, 5.41) is 20.3. The first kappa shape index (κ1) is 25.3. The van der Waals surface area contributed by atoms with Crippen LogP contribution in [0.2, 0.25) is 0 Å². The zero-order valence-corrected chi connectivity index (χ0v) is 25.3. The van der Waals surface area contributed by atoms with Gasteiger partial charge in [0.2, 0.25) is 13.4 Å². The Morgan fingerprint density at radius 3 is 1.70 bits per heavy atom. The summed E-state index contributed by atoms with van der Waals surface area (Å²) >= 11 is 0. The molecule has 0 spiro atoms. The second-order valence-electron chi connectivity index (χ2n) is 13.1. The highest BCUT2D eigenvalue weighted by atomic mass is 16.3. The van der Waals surface area contributed by atoms with Gasteiger partial charge < -0.3 is 15.1 Å². The van der Waals surface area contributed by atoms with Crippen molar-refractivity contribution in [3.8, 4) is 56.0 Å². The molecular formula is C42H25B2NO2. The average molecular weight is 597 g/mol. The fraction of sp³-hybridized carbons (Fsp3) is 0. The van der Waals surface area contributed by atoms with E-state index in [0.29, 0.717) is 0 Å². The molecular weight excluding hydrogens is 572 g/mol. The van der Waals surface area contributed by atoms with Crippen molar-refractivity contribution in [1.82, 2.24) is 0 Å². The monoisotopic (exact) mass is 597 g/mol. The van der Waals surface area contributed by atoms with E-state index in [2.05, 4.69) is 95.9 Å². The number of benzene rings is 7. The Labute approximate surface area is 273 Å². The van der Waals surface area contributed by atoms with Gasteiger partial charge in [-0.05, 0) is 103 Å². The van der Waals surface area contributed by atoms with Crippen molar-refractivity contribution in [3.05, 3.63) is 140 Å². The minimum Gasteiger partial charge on any atom is -0.508 e. The highest BCUT2D eigenvalue weighted by Gasteiger charge is 2.50. The maximum absolute atomic E-state index is 10.2. The van der Waals surface area contributed by atoms with Gasteiger partial charge in [-0.3, -0.25) is 0 Å². The number of aromatic hydroxyl groups is 2. The molecule has 4 aliphatic rings. The second-order valence-corrected chi connectivity index (χ2v) is 13.1. The van der Waals surface area contributed by atoms with Gasteiger partial charge in [0.15, 0.2) is 0 Å². The summed E-state index contributed by atoms with van der Waals surface area (Å²) in [6, 6.07) is 49.3. The predicted molar refractivity (Wildman–Crippen MR) is 196 cm³/mol. The molecule has 7 aromatic rings. The summed E-state index contributed by atoms with van der Waals surface area (Å²) in [6.07, 6.45) is 0. The van der Waals surface area contributed by atoms with Gasteiger partial charge in [-0.15, -0.1) is 0 Å². The Kier molecular flexibility index (Phi) is 4.77. The van der Waals surface area contributed by atoms with Crippen molar-refractivity contribution in [2.24, 2.45) is 0 Å². The lowest BCUT2D eigenvalue weighted by Crippen LogP contribution is -2.63. The molecule has 216 valence electrons. The Hall–Kier alpha value is -5.93. The molecule has 0 saturated heterocycles. The van der Waals surface area contributed by atoms with E-state index in [0.717, 1.165) is 16.7 Å². The molecule has 5 heteroatoms. The van der Waals surface area contributed by atoms with E-state index < -0.39 is 0 Å². The lowest BCUT2D eigenvalue weighted by Gasteiger charge is -2.43. The van der Waals surface area contributed by atoms with Gasteiger partial charge in [0, 0.05) is 17.1 Å². The minimum absolute atomic E-state index is 0.0664. The Morgan fingerprint density at radius 1 is 0.404 bits per heavy atom. The fourth-order valence-electron chi connectivity index (χ4n) is 9.05. The van der Waals surface area contributed by atoms with Crippen LogP contribution in [0.5, 0.6) is 11.5 Å². The van der Waals surface area contributed by atoms with Crippen LogP contribution in [-0.4, -0.2) is 23.6 Å². The quantitative estimate of drug-likeness (QED) is 0.258. The number of hydrogen-bond acceptors (Lipinski definition) is 3. The smallest absolute Gasteiger partial charge is 0.248 e. The second kappa shape index (κ2) is 8.86. The molecule has 0 radical (unpaired) electrons. The van der Waals surface area contributed by atoms with Crippen LogP contribution in [0.25, 0.3) is 44.5 Å². The third kappa shape index (κ3) is 3.18. The first-order valence-electron chi connectivity index (χ1n) is 16.2. The Bertz CT molecular complexity index is 2500. The maximum atomic E-state index is 10.2. The molecule has 2 N–H and O–H groups in total. The molecule has 0 unspecified atom stereocenters. The van der Waals surface area contributed by atoms with Gasteiger partial charge in [0.05, 0.1) is 0 Å². The molecule has 0 aliphatic carbocycles. The van der Waals surface area contributed by atoms with Crippen molar-refractivity contribution in [3.63, 3.8) is 0 Å². The molecule has 0 atom stereocenters. The molecule has 0 fully saturated rings. The number of fused-ring (bicyclic) bond motifs is 10. The minimum atomic E-state index is 0.0664. The van der Waals surface area contributed by atoms with Gasteiger partial charge in [-0.25, -0.2) is 0 Å². The third-order valence-electron chi connectivity index (χ3n) is 10.9. The number of phenols is 2. The molecule has 0 bridgehead atoms. The van der Waals surface area contributed by atoms with Gasteiger partial charge in [0.1, 0.15) is 11.5 Å². The van der Waals surface area contributed by atoms with Crippen LogP contribution in [0.4, 0.5) is 17.1 Å². The molecule has 0 saturated carbocycles. The van der Waals surface area contributed by atoms with Crippen molar-refractivity contribution in [2.75, 3.05) is 4.90 Å². The van der Waals surface area contributed by atoms with E-state index >= 15 is 0 Å². The van der Waals surface area contributed by atoms with E-state index in [-0.39, 0.29) is 24.9 Å². The van der Waals surface area contributed by atoms with Crippen molar-refractivity contribution in [1.29, 1.82) is 0 Å². The van der Waals surface area contributed by atoms with Crippen LogP contribution >= 0.6 is 0 Å². The van der Waals surface area contributed by atoms with Gasteiger partial charge in [0.25, 0.3) is 0 Å². The Balaban J connectivity index is 1.28. The largest absolute Gasteiger partial charge is 0.508 e. The van der Waals surface area contributed by atoms with Crippen LogP contribution in [0, 0.1) is 0 Å². The Morgan fingerprint density at radius 2 is 0.979 bits per heavy atom. The van der Waals surface area contributed by atoms with Crippen molar-refractivity contribution < 1.29 is 10.2 Å². The number of rotatable bonds is 2. The van der Waals surface area contributed by atoms with E-state index in [1.54, 1.807) is 24.3 Å². The van der Waals surface area contributed by atoms with E-state index in [1.807, 2.05) is 24.3 Å². The lowest BCUT2D eigenvalue weighted by molar-refractivity contribution is 0.475. The van der Waals surface area contributed by atoms with E-state index in [4.69, 9.17) is 0 Å². The van der Waals surface area contributed by atoms with Crippen LogP contribution in [-0.2, 0) is 0 Å². The first-order chi connectivity index (χ1) is 23.2. The molecule has 11 rings (SSSR count). The molecule has 0 aromatic heterocycles. The molecule has 47 heavy (non-hydrogen) atoms. The molecule has 3 nitrogen and oxygen atoms in total. The number of phenolic OH excluding ortho intramolecular Hbond substituents is 2. The van der Waals surface area contributed by atoms with Gasteiger partial charge >= 0.3 is 0 Å². The summed E-state index contributed by atoms with van der Waals surface area (Å²) in [7, 11) is 0. The van der Waals surface area contributed by atoms with Crippen LogP contribution in [0.1, 0.15) is 0 Å². The SMILES string of the molecule is Oc1ccc(-c2cc3c4c(c2)B2c5ccccc5-c5c(-c6ccc(O)cc6)ccc(c52)N4c2cccc4c2B3c2ccccc2-4)cc1. The van der Waals surface area contributed by atoms with Crippen molar-refractivity contribution >= 4 is 63.3 Å². The van der Waals surface area contributed by atoms with Crippen molar-refractivity contribution in [2.45, 2.75) is 0 Å². The van der Waals surface area contributed by atoms with Gasteiger partial charge in [-0.2, -0.15) is 0 Å².